The predicted molar refractivity (Wildman–Crippen MR) is 118 cm³/mol. The Kier molecular flexibility index (Phi) is 9.15. The van der Waals surface area contributed by atoms with Gasteiger partial charge in [0.2, 0.25) is 5.75 Å². The lowest BCUT2D eigenvalue weighted by atomic mass is 10.1. The lowest BCUT2D eigenvalue weighted by Gasteiger charge is -2.16. The highest BCUT2D eigenvalue weighted by atomic mass is 16.5. The third kappa shape index (κ3) is 6.04. The number of guanidine groups is 1. The molecule has 0 aliphatic rings. The van der Waals surface area contributed by atoms with Crippen LogP contribution in [0.5, 0.6) is 17.2 Å². The first kappa shape index (κ1) is 22.4. The molecule has 0 spiro atoms. The molecule has 0 heterocycles. The molecule has 2 aromatic rings. The molecule has 2 rings (SSSR count). The van der Waals surface area contributed by atoms with Crippen LogP contribution in [0, 0.1) is 0 Å². The van der Waals surface area contributed by atoms with Crippen LogP contribution < -0.4 is 24.8 Å². The molecule has 2 N–H and O–H groups in total. The molecule has 158 valence electrons. The molecule has 0 saturated heterocycles. The maximum Gasteiger partial charge on any atom is 0.203 e. The Hall–Kier alpha value is -2.89. The van der Waals surface area contributed by atoms with Crippen molar-refractivity contribution in [3.05, 3.63) is 53.1 Å². The van der Waals surface area contributed by atoms with E-state index in [0.717, 1.165) is 30.9 Å². The zero-order valence-electron chi connectivity index (χ0n) is 18.2. The second kappa shape index (κ2) is 11.8. The van der Waals surface area contributed by atoms with Crippen molar-refractivity contribution in [1.29, 1.82) is 0 Å². The van der Waals surface area contributed by atoms with Gasteiger partial charge in [0.25, 0.3) is 0 Å². The number of methoxy groups -OCH3 is 3. The molecule has 0 unspecified atom stereocenters. The minimum atomic E-state index is 0.615. The zero-order valence-corrected chi connectivity index (χ0v) is 18.2. The highest BCUT2D eigenvalue weighted by Gasteiger charge is 2.15. The standard InChI is InChI=1S/C23H33N3O3/c1-6-17-10-8-9-11-19(17)16-26-23(24-7-2)25-15-14-18-12-13-20(27-3)22(29-5)21(18)28-4/h8-13H,6-7,14-16H2,1-5H3,(H2,24,25,26). The van der Waals surface area contributed by atoms with Crippen LogP contribution in [0.15, 0.2) is 41.4 Å². The van der Waals surface area contributed by atoms with Gasteiger partial charge in [0.05, 0.1) is 27.9 Å². The fraction of sp³-hybridized carbons (Fsp3) is 0.435. The Labute approximate surface area is 174 Å². The molecule has 6 nitrogen and oxygen atoms in total. The zero-order chi connectivity index (χ0) is 21.1. The van der Waals surface area contributed by atoms with Crippen LogP contribution in [0.3, 0.4) is 0 Å². The quantitative estimate of drug-likeness (QED) is 0.472. The molecule has 2 aromatic carbocycles. The van der Waals surface area contributed by atoms with Crippen LogP contribution in [-0.4, -0.2) is 40.4 Å². The smallest absolute Gasteiger partial charge is 0.203 e. The third-order valence-corrected chi connectivity index (χ3v) is 4.72. The van der Waals surface area contributed by atoms with Crippen molar-refractivity contribution in [3.8, 4) is 17.2 Å². The van der Waals surface area contributed by atoms with Gasteiger partial charge in [0.1, 0.15) is 0 Å². The monoisotopic (exact) mass is 399 g/mol. The summed E-state index contributed by atoms with van der Waals surface area (Å²) in [7, 11) is 4.88. The van der Waals surface area contributed by atoms with E-state index in [1.165, 1.54) is 11.1 Å². The minimum absolute atomic E-state index is 0.615. The number of hydrogen-bond acceptors (Lipinski definition) is 4. The van der Waals surface area contributed by atoms with Gasteiger partial charge in [0, 0.05) is 18.7 Å². The normalized spacial score (nSPS) is 11.1. The van der Waals surface area contributed by atoms with Crippen LogP contribution in [0.25, 0.3) is 0 Å². The first-order valence-electron chi connectivity index (χ1n) is 10.0. The van der Waals surface area contributed by atoms with Gasteiger partial charge >= 0.3 is 0 Å². The molecule has 0 aromatic heterocycles. The van der Waals surface area contributed by atoms with Crippen molar-refractivity contribution >= 4 is 5.96 Å². The minimum Gasteiger partial charge on any atom is -0.493 e. The van der Waals surface area contributed by atoms with Crippen molar-refractivity contribution in [2.45, 2.75) is 33.2 Å². The van der Waals surface area contributed by atoms with E-state index in [4.69, 9.17) is 19.2 Å². The summed E-state index contributed by atoms with van der Waals surface area (Å²) in [5, 5.41) is 6.71. The fourth-order valence-corrected chi connectivity index (χ4v) is 3.24. The predicted octanol–water partition coefficient (Wildman–Crippen LogP) is 3.57. The van der Waals surface area contributed by atoms with E-state index in [-0.39, 0.29) is 0 Å². The second-order valence-electron chi connectivity index (χ2n) is 6.49. The topological polar surface area (TPSA) is 64.1 Å². The lowest BCUT2D eigenvalue weighted by molar-refractivity contribution is 0.322. The Morgan fingerprint density at radius 1 is 0.828 bits per heavy atom. The molecule has 0 radical (unpaired) electrons. The molecule has 0 aliphatic heterocycles. The number of benzene rings is 2. The summed E-state index contributed by atoms with van der Waals surface area (Å²) in [6.45, 7) is 6.41. The summed E-state index contributed by atoms with van der Waals surface area (Å²) in [4.78, 5) is 4.75. The van der Waals surface area contributed by atoms with Gasteiger partial charge in [-0.05, 0) is 37.0 Å². The van der Waals surface area contributed by atoms with Crippen LogP contribution in [0.4, 0.5) is 0 Å². The van der Waals surface area contributed by atoms with Crippen molar-refractivity contribution in [2.75, 3.05) is 34.4 Å². The van der Waals surface area contributed by atoms with Crippen molar-refractivity contribution in [2.24, 2.45) is 4.99 Å². The second-order valence-corrected chi connectivity index (χ2v) is 6.49. The number of aryl methyl sites for hydroxylation is 1. The van der Waals surface area contributed by atoms with Crippen LogP contribution in [0.1, 0.15) is 30.5 Å². The summed E-state index contributed by atoms with van der Waals surface area (Å²) in [6, 6.07) is 12.3. The van der Waals surface area contributed by atoms with Gasteiger partial charge in [-0.3, -0.25) is 0 Å². The SMILES string of the molecule is CCNC(=NCc1ccccc1CC)NCCc1ccc(OC)c(OC)c1OC. The number of ether oxygens (including phenoxy) is 3. The molecule has 0 saturated carbocycles. The van der Waals surface area contributed by atoms with Gasteiger partial charge in [-0.15, -0.1) is 0 Å². The van der Waals surface area contributed by atoms with E-state index in [9.17, 15) is 0 Å². The molecular weight excluding hydrogens is 366 g/mol. The first-order valence-corrected chi connectivity index (χ1v) is 10.0. The maximum atomic E-state index is 5.57. The molecule has 0 aliphatic carbocycles. The van der Waals surface area contributed by atoms with Gasteiger partial charge in [-0.1, -0.05) is 37.3 Å². The third-order valence-electron chi connectivity index (χ3n) is 4.72. The highest BCUT2D eigenvalue weighted by molar-refractivity contribution is 5.79. The number of nitrogens with zero attached hydrogens (tertiary/aromatic N) is 1. The molecule has 0 fully saturated rings. The maximum absolute atomic E-state index is 5.57. The van der Waals surface area contributed by atoms with E-state index >= 15 is 0 Å². The Bertz CT molecular complexity index is 806. The largest absolute Gasteiger partial charge is 0.493 e. The summed E-state index contributed by atoms with van der Waals surface area (Å²) in [6.07, 6.45) is 1.77. The van der Waals surface area contributed by atoms with E-state index in [1.54, 1.807) is 21.3 Å². The van der Waals surface area contributed by atoms with Crippen LogP contribution in [0.2, 0.25) is 0 Å². The Balaban J connectivity index is 2.06. The van der Waals surface area contributed by atoms with Gasteiger partial charge in [-0.2, -0.15) is 0 Å². The van der Waals surface area contributed by atoms with E-state index in [1.807, 2.05) is 12.1 Å². The molecule has 29 heavy (non-hydrogen) atoms. The van der Waals surface area contributed by atoms with E-state index < -0.39 is 0 Å². The van der Waals surface area contributed by atoms with Gasteiger partial charge in [-0.25, -0.2) is 4.99 Å². The average Bonchev–Trinajstić information content (AvgIpc) is 2.76. The molecule has 6 heteroatoms. The fourth-order valence-electron chi connectivity index (χ4n) is 3.24. The summed E-state index contributed by atoms with van der Waals surface area (Å²) >= 11 is 0. The van der Waals surface area contributed by atoms with Crippen LogP contribution in [-0.2, 0) is 19.4 Å². The average molecular weight is 400 g/mol. The number of hydrogen-bond donors (Lipinski definition) is 2. The Morgan fingerprint density at radius 3 is 2.17 bits per heavy atom. The summed E-state index contributed by atoms with van der Waals surface area (Å²) < 4.78 is 16.4. The van der Waals surface area contributed by atoms with E-state index in [0.29, 0.717) is 30.3 Å². The number of aliphatic imine (C=N–C) groups is 1. The van der Waals surface area contributed by atoms with Crippen molar-refractivity contribution < 1.29 is 14.2 Å². The molecular formula is C23H33N3O3. The molecule has 0 amide bonds. The van der Waals surface area contributed by atoms with Gasteiger partial charge < -0.3 is 24.8 Å². The number of rotatable bonds is 10. The Morgan fingerprint density at radius 2 is 1.55 bits per heavy atom. The van der Waals surface area contributed by atoms with Crippen molar-refractivity contribution in [3.63, 3.8) is 0 Å². The summed E-state index contributed by atoms with van der Waals surface area (Å²) in [5.74, 6) is 2.78. The van der Waals surface area contributed by atoms with E-state index in [2.05, 4.69) is 48.7 Å². The summed E-state index contributed by atoms with van der Waals surface area (Å²) in [5.41, 5.74) is 3.64. The highest BCUT2D eigenvalue weighted by Crippen LogP contribution is 2.39. The lowest BCUT2D eigenvalue weighted by Crippen LogP contribution is -2.38. The van der Waals surface area contributed by atoms with Crippen LogP contribution >= 0.6 is 0 Å². The molecule has 0 bridgehead atoms. The molecule has 0 atom stereocenters. The van der Waals surface area contributed by atoms with Gasteiger partial charge in [0.15, 0.2) is 17.5 Å². The van der Waals surface area contributed by atoms with Crippen molar-refractivity contribution in [1.82, 2.24) is 10.6 Å². The first-order chi connectivity index (χ1) is 14.2. The number of nitrogens with one attached hydrogen (secondary N) is 2.